The first-order valence-corrected chi connectivity index (χ1v) is 7.87. The van der Waals surface area contributed by atoms with Crippen molar-refractivity contribution < 1.29 is 4.79 Å². The van der Waals surface area contributed by atoms with Gasteiger partial charge in [0.05, 0.1) is 0 Å². The van der Waals surface area contributed by atoms with Crippen LogP contribution in [-0.2, 0) is 11.2 Å². The summed E-state index contributed by atoms with van der Waals surface area (Å²) in [6.45, 7) is 1.99. The molecule has 1 aromatic carbocycles. The normalized spacial score (nSPS) is 10.9. The predicted molar refractivity (Wildman–Crippen MR) is 86.8 cm³/mol. The molecule has 0 bridgehead atoms. The fourth-order valence-electron chi connectivity index (χ4n) is 2.32. The highest BCUT2D eigenvalue weighted by Gasteiger charge is 2.09. The number of carbonyl (C=O) groups is 1. The molecule has 0 spiro atoms. The topological polar surface area (TPSA) is 57.8 Å². The van der Waals surface area contributed by atoms with Crippen LogP contribution in [0.2, 0.25) is 0 Å². The molecule has 3 aromatic rings. The lowest BCUT2D eigenvalue weighted by Gasteiger charge is -1.98. The average molecular weight is 299 g/mol. The molecule has 2 heterocycles. The van der Waals surface area contributed by atoms with Gasteiger partial charge in [-0.1, -0.05) is 25.1 Å². The third kappa shape index (κ3) is 3.13. The lowest BCUT2D eigenvalue weighted by molar-refractivity contribution is -0.116. The molecule has 2 N–H and O–H groups in total. The van der Waals surface area contributed by atoms with Crippen molar-refractivity contribution in [3.8, 4) is 0 Å². The minimum absolute atomic E-state index is 0.0329. The van der Waals surface area contributed by atoms with Crippen molar-refractivity contribution in [1.82, 2.24) is 9.97 Å². The van der Waals surface area contributed by atoms with E-state index in [1.807, 2.05) is 31.5 Å². The number of fused-ring (bicyclic) bond motifs is 1. The molecule has 3 rings (SSSR count). The number of aromatic nitrogens is 2. The number of hydrogen-bond donors (Lipinski definition) is 2. The fourth-order valence-corrected chi connectivity index (χ4v) is 3.17. The van der Waals surface area contributed by atoms with E-state index in [4.69, 9.17) is 0 Å². The lowest BCUT2D eigenvalue weighted by Crippen LogP contribution is -2.09. The van der Waals surface area contributed by atoms with E-state index in [1.54, 1.807) is 0 Å². The Morgan fingerprint density at radius 1 is 1.38 bits per heavy atom. The predicted octanol–water partition coefficient (Wildman–Crippen LogP) is 3.95. The Kier molecular flexibility index (Phi) is 4.01. The van der Waals surface area contributed by atoms with Crippen LogP contribution in [0.3, 0.4) is 0 Å². The van der Waals surface area contributed by atoms with Crippen LogP contribution < -0.4 is 5.32 Å². The number of anilines is 1. The first-order chi connectivity index (χ1) is 10.3. The molecule has 0 saturated heterocycles. The van der Waals surface area contributed by atoms with E-state index < -0.39 is 0 Å². The monoisotopic (exact) mass is 299 g/mol. The van der Waals surface area contributed by atoms with Crippen LogP contribution in [-0.4, -0.2) is 15.9 Å². The molecule has 0 aliphatic carbocycles. The smallest absolute Gasteiger partial charge is 0.226 e. The largest absolute Gasteiger partial charge is 0.361 e. The van der Waals surface area contributed by atoms with Crippen LogP contribution in [0.5, 0.6) is 0 Å². The van der Waals surface area contributed by atoms with Gasteiger partial charge in [-0.25, -0.2) is 4.98 Å². The number of aromatic amines is 1. The van der Waals surface area contributed by atoms with Crippen molar-refractivity contribution >= 4 is 33.3 Å². The standard InChI is InChI=1S/C16H17N3OS/c1-2-5-15(20)19-16-18-10-12(21-16)8-11-9-17-14-7-4-3-6-13(11)14/h3-4,6-7,9-10,17H,2,5,8H2,1H3,(H,18,19,20). The second kappa shape index (κ2) is 6.10. The number of thiazole rings is 1. The molecule has 5 heteroatoms. The van der Waals surface area contributed by atoms with Crippen molar-refractivity contribution in [1.29, 1.82) is 0 Å². The van der Waals surface area contributed by atoms with Crippen LogP contribution in [0.4, 0.5) is 5.13 Å². The summed E-state index contributed by atoms with van der Waals surface area (Å²) in [7, 11) is 0. The minimum atomic E-state index is 0.0329. The van der Waals surface area contributed by atoms with E-state index in [2.05, 4.69) is 27.4 Å². The number of H-pyrrole nitrogens is 1. The molecule has 0 radical (unpaired) electrons. The second-order valence-electron chi connectivity index (χ2n) is 4.97. The van der Waals surface area contributed by atoms with Crippen LogP contribution in [0.15, 0.2) is 36.7 Å². The molecule has 0 aliphatic heterocycles. The summed E-state index contributed by atoms with van der Waals surface area (Å²) in [5.74, 6) is 0.0329. The number of hydrogen-bond acceptors (Lipinski definition) is 3. The Morgan fingerprint density at radius 2 is 2.24 bits per heavy atom. The Bertz CT molecular complexity index is 760. The average Bonchev–Trinajstić information content (AvgIpc) is 3.07. The molecular formula is C16H17N3OS. The van der Waals surface area contributed by atoms with E-state index in [0.29, 0.717) is 11.6 Å². The molecule has 2 aromatic heterocycles. The number of benzene rings is 1. The minimum Gasteiger partial charge on any atom is -0.361 e. The zero-order chi connectivity index (χ0) is 14.7. The van der Waals surface area contributed by atoms with Crippen LogP contribution in [0, 0.1) is 0 Å². The van der Waals surface area contributed by atoms with Crippen molar-refractivity contribution in [2.24, 2.45) is 0 Å². The fraction of sp³-hybridized carbons (Fsp3) is 0.250. The highest BCUT2D eigenvalue weighted by molar-refractivity contribution is 7.15. The molecule has 108 valence electrons. The molecule has 0 saturated carbocycles. The molecule has 0 unspecified atom stereocenters. The zero-order valence-corrected chi connectivity index (χ0v) is 12.7. The number of carbonyl (C=O) groups excluding carboxylic acids is 1. The Hall–Kier alpha value is -2.14. The van der Waals surface area contributed by atoms with Gasteiger partial charge < -0.3 is 10.3 Å². The molecule has 0 atom stereocenters. The molecule has 21 heavy (non-hydrogen) atoms. The van der Waals surface area contributed by atoms with Gasteiger partial charge in [0.1, 0.15) is 0 Å². The molecule has 1 amide bonds. The summed E-state index contributed by atoms with van der Waals surface area (Å²) in [5.41, 5.74) is 2.40. The van der Waals surface area contributed by atoms with Gasteiger partial charge in [-0.15, -0.1) is 11.3 Å². The third-order valence-corrected chi connectivity index (χ3v) is 4.23. The van der Waals surface area contributed by atoms with Crippen LogP contribution in [0.1, 0.15) is 30.2 Å². The van der Waals surface area contributed by atoms with Gasteiger partial charge in [0.25, 0.3) is 0 Å². The number of para-hydroxylation sites is 1. The first kappa shape index (κ1) is 13.8. The molecular weight excluding hydrogens is 282 g/mol. The van der Waals surface area contributed by atoms with Crippen molar-refractivity contribution in [2.45, 2.75) is 26.2 Å². The lowest BCUT2D eigenvalue weighted by atomic mass is 10.1. The highest BCUT2D eigenvalue weighted by Crippen LogP contribution is 2.25. The summed E-state index contributed by atoms with van der Waals surface area (Å²) >= 11 is 1.54. The van der Waals surface area contributed by atoms with Gasteiger partial charge in [0, 0.05) is 41.0 Å². The number of amides is 1. The van der Waals surface area contributed by atoms with Crippen LogP contribution >= 0.6 is 11.3 Å². The van der Waals surface area contributed by atoms with Gasteiger partial charge in [0.2, 0.25) is 5.91 Å². The maximum Gasteiger partial charge on any atom is 0.226 e. The quantitative estimate of drug-likeness (QED) is 0.749. The molecule has 0 aliphatic rings. The van der Waals surface area contributed by atoms with Crippen molar-refractivity contribution in [2.75, 3.05) is 5.32 Å². The third-order valence-electron chi connectivity index (χ3n) is 3.32. The number of rotatable bonds is 5. The summed E-state index contributed by atoms with van der Waals surface area (Å²) in [4.78, 5) is 20.3. The summed E-state index contributed by atoms with van der Waals surface area (Å²) in [5, 5.41) is 4.76. The summed E-state index contributed by atoms with van der Waals surface area (Å²) in [6.07, 6.45) is 6.09. The van der Waals surface area contributed by atoms with E-state index >= 15 is 0 Å². The number of nitrogens with one attached hydrogen (secondary N) is 2. The van der Waals surface area contributed by atoms with E-state index in [1.165, 1.54) is 22.3 Å². The maximum atomic E-state index is 11.6. The second-order valence-corrected chi connectivity index (χ2v) is 6.08. The highest BCUT2D eigenvalue weighted by atomic mass is 32.1. The van der Waals surface area contributed by atoms with Gasteiger partial charge >= 0.3 is 0 Å². The van der Waals surface area contributed by atoms with E-state index in [-0.39, 0.29) is 5.91 Å². The van der Waals surface area contributed by atoms with Gasteiger partial charge in [-0.2, -0.15) is 0 Å². The van der Waals surface area contributed by atoms with E-state index in [9.17, 15) is 4.79 Å². The van der Waals surface area contributed by atoms with Crippen LogP contribution in [0.25, 0.3) is 10.9 Å². The van der Waals surface area contributed by atoms with E-state index in [0.717, 1.165) is 23.2 Å². The maximum absolute atomic E-state index is 11.6. The SMILES string of the molecule is CCCC(=O)Nc1ncc(Cc2c[nH]c3ccccc23)s1. The zero-order valence-electron chi connectivity index (χ0n) is 11.8. The summed E-state index contributed by atoms with van der Waals surface area (Å²) in [6, 6.07) is 8.26. The summed E-state index contributed by atoms with van der Waals surface area (Å²) < 4.78 is 0. The molecule has 4 nitrogen and oxygen atoms in total. The number of nitrogens with zero attached hydrogens (tertiary/aromatic N) is 1. The van der Waals surface area contributed by atoms with Gasteiger partial charge in [-0.05, 0) is 18.1 Å². The Labute approximate surface area is 127 Å². The van der Waals surface area contributed by atoms with Crippen molar-refractivity contribution in [3.05, 3.63) is 47.1 Å². The van der Waals surface area contributed by atoms with Crippen molar-refractivity contribution in [3.63, 3.8) is 0 Å². The first-order valence-electron chi connectivity index (χ1n) is 7.06. The van der Waals surface area contributed by atoms with Gasteiger partial charge in [0.15, 0.2) is 5.13 Å². The molecule has 0 fully saturated rings. The van der Waals surface area contributed by atoms with Gasteiger partial charge in [-0.3, -0.25) is 4.79 Å². The Balaban J connectivity index is 1.74. The Morgan fingerprint density at radius 3 is 3.10 bits per heavy atom.